The van der Waals surface area contributed by atoms with Crippen molar-refractivity contribution in [2.75, 3.05) is 0 Å². The number of allylic oxidation sites excluding steroid dienone is 4. The van der Waals surface area contributed by atoms with Crippen molar-refractivity contribution in [3.05, 3.63) is 22.8 Å². The second kappa shape index (κ2) is 4.96. The number of carbonyl (C=O) groups excluding carboxylic acids is 1. The van der Waals surface area contributed by atoms with Crippen LogP contribution in [0.4, 0.5) is 13.2 Å². The highest BCUT2D eigenvalue weighted by atomic mass is 19.4. The van der Waals surface area contributed by atoms with E-state index in [-0.39, 0.29) is 24.0 Å². The Kier molecular flexibility index (Phi) is 3.39. The average Bonchev–Trinajstić information content (AvgIpc) is 2.79. The summed E-state index contributed by atoms with van der Waals surface area (Å²) >= 11 is 0. The number of rotatable bonds is 0. The zero-order valence-corrected chi connectivity index (χ0v) is 13.9. The molecule has 0 spiro atoms. The molecule has 0 aromatic rings. The average molecular weight is 340 g/mol. The van der Waals surface area contributed by atoms with E-state index >= 15 is 0 Å². The fourth-order valence-electron chi connectivity index (χ4n) is 6.01. The van der Waals surface area contributed by atoms with E-state index in [1.54, 1.807) is 13.0 Å². The normalized spacial score (nSPS) is 42.4. The smallest absolute Gasteiger partial charge is 0.380 e. The molecule has 1 N–H and O–H groups in total. The topological polar surface area (TPSA) is 37.3 Å². The Morgan fingerprint density at radius 2 is 1.88 bits per heavy atom. The molecule has 4 atom stereocenters. The van der Waals surface area contributed by atoms with Crippen LogP contribution in [0.15, 0.2) is 22.8 Å². The minimum Gasteiger partial charge on any atom is -0.380 e. The molecule has 0 aromatic heterocycles. The van der Waals surface area contributed by atoms with Gasteiger partial charge in [-0.2, -0.15) is 13.2 Å². The summed E-state index contributed by atoms with van der Waals surface area (Å²) in [7, 11) is 0. The molecule has 132 valence electrons. The Balaban J connectivity index is 1.74. The molecule has 4 aliphatic carbocycles. The lowest BCUT2D eigenvalue weighted by Gasteiger charge is -2.52. The van der Waals surface area contributed by atoms with Gasteiger partial charge in [0.1, 0.15) is 0 Å². The van der Waals surface area contributed by atoms with Gasteiger partial charge in [-0.25, -0.2) is 0 Å². The van der Waals surface area contributed by atoms with Gasteiger partial charge in [0, 0.05) is 11.8 Å². The van der Waals surface area contributed by atoms with Gasteiger partial charge in [0.05, 0.1) is 0 Å². The van der Waals surface area contributed by atoms with Crippen LogP contribution in [0.25, 0.3) is 0 Å². The number of alkyl halides is 3. The van der Waals surface area contributed by atoms with Gasteiger partial charge in [0.15, 0.2) is 11.4 Å². The third-order valence-corrected chi connectivity index (χ3v) is 7.35. The summed E-state index contributed by atoms with van der Waals surface area (Å²) in [6.07, 6.45) is 1.28. The molecule has 4 rings (SSSR count). The highest BCUT2D eigenvalue weighted by Gasteiger charge is 2.71. The SMILES string of the molecule is C[C@]12CCC3=C4CCC(=O)C=C4CCC3C1CC[C@@]2(O)C(F)(F)F. The summed E-state index contributed by atoms with van der Waals surface area (Å²) < 4.78 is 40.8. The maximum atomic E-state index is 13.6. The maximum Gasteiger partial charge on any atom is 0.417 e. The number of halogens is 3. The molecule has 5 heteroatoms. The Labute approximate surface area is 139 Å². The van der Waals surface area contributed by atoms with Gasteiger partial charge >= 0.3 is 6.18 Å². The molecular formula is C19H23F3O2. The molecule has 0 amide bonds. The Morgan fingerprint density at radius 1 is 1.12 bits per heavy atom. The molecule has 24 heavy (non-hydrogen) atoms. The standard InChI is InChI=1S/C19H23F3O2/c1-17-8-6-14-13-5-3-12(23)10-11(13)2-4-15(14)16(17)7-9-18(17,24)19(20,21)22/h10,15-16,24H,2-9H2,1H3/t15?,16?,17-,18-/m0/s1. The van der Waals surface area contributed by atoms with Gasteiger partial charge in [0.25, 0.3) is 0 Å². The molecule has 2 fully saturated rings. The van der Waals surface area contributed by atoms with E-state index in [2.05, 4.69) is 0 Å². The number of carbonyl (C=O) groups is 1. The van der Waals surface area contributed by atoms with Crippen LogP contribution in [0.1, 0.15) is 58.3 Å². The van der Waals surface area contributed by atoms with Gasteiger partial charge < -0.3 is 5.11 Å². The highest BCUT2D eigenvalue weighted by molar-refractivity contribution is 5.93. The van der Waals surface area contributed by atoms with Crippen LogP contribution in [0.3, 0.4) is 0 Å². The van der Waals surface area contributed by atoms with Crippen LogP contribution < -0.4 is 0 Å². The second-order valence-electron chi connectivity index (χ2n) is 8.21. The first-order chi connectivity index (χ1) is 11.2. The predicted molar refractivity (Wildman–Crippen MR) is 83.1 cm³/mol. The van der Waals surface area contributed by atoms with E-state index in [0.717, 1.165) is 24.8 Å². The number of fused-ring (bicyclic) bond motifs is 4. The lowest BCUT2D eigenvalue weighted by molar-refractivity contribution is -0.298. The van der Waals surface area contributed by atoms with Crippen LogP contribution in [-0.2, 0) is 4.79 Å². The second-order valence-corrected chi connectivity index (χ2v) is 8.21. The third-order valence-electron chi connectivity index (χ3n) is 7.35. The first-order valence-electron chi connectivity index (χ1n) is 8.92. The third kappa shape index (κ3) is 1.97. The van der Waals surface area contributed by atoms with Gasteiger partial charge in [-0.15, -0.1) is 0 Å². The molecule has 0 radical (unpaired) electrons. The van der Waals surface area contributed by atoms with E-state index in [1.807, 2.05) is 0 Å². The minimum atomic E-state index is -4.57. The molecule has 2 nitrogen and oxygen atoms in total. The Bertz CT molecular complexity index is 660. The fraction of sp³-hybridized carbons (Fsp3) is 0.737. The molecule has 0 aliphatic heterocycles. The lowest BCUT2D eigenvalue weighted by atomic mass is 9.55. The number of hydrogen-bond donors (Lipinski definition) is 1. The Hall–Kier alpha value is -1.10. The molecule has 2 saturated carbocycles. The quantitative estimate of drug-likeness (QED) is 0.706. The number of hydrogen-bond acceptors (Lipinski definition) is 2. The van der Waals surface area contributed by atoms with E-state index in [1.165, 1.54) is 11.1 Å². The lowest BCUT2D eigenvalue weighted by Crippen LogP contribution is -2.57. The summed E-state index contributed by atoms with van der Waals surface area (Å²) in [5, 5.41) is 10.5. The van der Waals surface area contributed by atoms with E-state index in [4.69, 9.17) is 0 Å². The van der Waals surface area contributed by atoms with Crippen LogP contribution in [0.2, 0.25) is 0 Å². The minimum absolute atomic E-state index is 0.112. The van der Waals surface area contributed by atoms with E-state index < -0.39 is 17.2 Å². The molecule has 0 bridgehead atoms. The van der Waals surface area contributed by atoms with Crippen molar-refractivity contribution in [3.63, 3.8) is 0 Å². The Morgan fingerprint density at radius 3 is 2.58 bits per heavy atom. The van der Waals surface area contributed by atoms with E-state index in [9.17, 15) is 23.1 Å². The van der Waals surface area contributed by atoms with Crippen LogP contribution in [0.5, 0.6) is 0 Å². The predicted octanol–water partition coefficient (Wildman–Crippen LogP) is 4.49. The maximum absolute atomic E-state index is 13.6. The first kappa shape index (κ1) is 16.4. The molecular weight excluding hydrogens is 317 g/mol. The van der Waals surface area contributed by atoms with Crippen LogP contribution >= 0.6 is 0 Å². The molecule has 4 aliphatic rings. The summed E-state index contributed by atoms with van der Waals surface area (Å²) in [4.78, 5) is 11.7. The number of ketones is 1. The van der Waals surface area contributed by atoms with Crippen LogP contribution in [-0.4, -0.2) is 22.7 Å². The molecule has 0 aromatic carbocycles. The monoisotopic (exact) mass is 340 g/mol. The van der Waals surface area contributed by atoms with Gasteiger partial charge in [-0.05, 0) is 74.0 Å². The van der Waals surface area contributed by atoms with Crippen molar-refractivity contribution in [3.8, 4) is 0 Å². The van der Waals surface area contributed by atoms with Gasteiger partial charge in [0.2, 0.25) is 0 Å². The van der Waals surface area contributed by atoms with Crippen LogP contribution in [0, 0.1) is 17.3 Å². The molecule has 0 saturated heterocycles. The zero-order valence-electron chi connectivity index (χ0n) is 13.9. The number of aliphatic hydroxyl groups is 1. The summed E-state index contributed by atoms with van der Waals surface area (Å²) in [5.41, 5.74) is -0.00000656. The van der Waals surface area contributed by atoms with Crippen molar-refractivity contribution in [1.82, 2.24) is 0 Å². The highest BCUT2D eigenvalue weighted by Crippen LogP contribution is 2.66. The van der Waals surface area contributed by atoms with Crippen molar-refractivity contribution in [2.45, 2.75) is 70.1 Å². The summed E-state index contributed by atoms with van der Waals surface area (Å²) in [6.45, 7) is 1.65. The summed E-state index contributed by atoms with van der Waals surface area (Å²) in [5.74, 6) is 0.195. The van der Waals surface area contributed by atoms with Crippen molar-refractivity contribution in [1.29, 1.82) is 0 Å². The van der Waals surface area contributed by atoms with Gasteiger partial charge in [-0.1, -0.05) is 12.5 Å². The zero-order chi connectivity index (χ0) is 17.3. The largest absolute Gasteiger partial charge is 0.417 e. The summed E-state index contributed by atoms with van der Waals surface area (Å²) in [6, 6.07) is 0. The van der Waals surface area contributed by atoms with E-state index in [0.29, 0.717) is 25.7 Å². The molecule has 2 unspecified atom stereocenters. The fourth-order valence-corrected chi connectivity index (χ4v) is 6.01. The van der Waals surface area contributed by atoms with Crippen molar-refractivity contribution in [2.24, 2.45) is 17.3 Å². The van der Waals surface area contributed by atoms with Gasteiger partial charge in [-0.3, -0.25) is 4.79 Å². The molecule has 0 heterocycles. The first-order valence-corrected chi connectivity index (χ1v) is 8.92. The van der Waals surface area contributed by atoms with Crippen molar-refractivity contribution < 1.29 is 23.1 Å². The van der Waals surface area contributed by atoms with Crippen molar-refractivity contribution >= 4 is 5.78 Å².